The molecule has 3 rings (SSSR count). The van der Waals surface area contributed by atoms with Gasteiger partial charge in [-0.3, -0.25) is 4.79 Å². The number of urea groups is 1. The topological polar surface area (TPSA) is 82.5 Å². The maximum atomic E-state index is 12.2. The number of thiazole rings is 1. The van der Waals surface area contributed by atoms with Gasteiger partial charge in [0.1, 0.15) is 5.01 Å². The molecule has 2 N–H and O–H groups in total. The number of nitrogens with zero attached hydrogens (tertiary/aromatic N) is 2. The zero-order valence-electron chi connectivity index (χ0n) is 14.1. The molecule has 2 aromatic rings. The molecule has 1 aromatic carbocycles. The Morgan fingerprint density at radius 1 is 1.36 bits per heavy atom. The Morgan fingerprint density at radius 3 is 2.80 bits per heavy atom. The van der Waals surface area contributed by atoms with Crippen LogP contribution in [0.3, 0.4) is 0 Å². The molecule has 1 unspecified atom stereocenters. The monoisotopic (exact) mass is 359 g/mol. The zero-order valence-corrected chi connectivity index (χ0v) is 14.9. The van der Waals surface area contributed by atoms with E-state index in [2.05, 4.69) is 10.3 Å². The van der Waals surface area contributed by atoms with Crippen molar-refractivity contribution in [3.8, 4) is 10.6 Å². The summed E-state index contributed by atoms with van der Waals surface area (Å²) in [6.07, 6.45) is 1.14. The van der Waals surface area contributed by atoms with Gasteiger partial charge in [-0.25, -0.2) is 9.78 Å². The van der Waals surface area contributed by atoms with E-state index in [4.69, 9.17) is 0 Å². The first-order valence-electron chi connectivity index (χ1n) is 8.24. The standard InChI is InChI=1S/C18H21N3O3S/c1-18(16(22)23)8-10-21(12-18)17(24)19-9-7-14-11-25-15(20-14)13-5-3-2-4-6-13/h2-6,11H,7-10,12H2,1H3,(H,19,24)(H,22,23). The second-order valence-electron chi connectivity index (χ2n) is 6.53. The minimum Gasteiger partial charge on any atom is -0.481 e. The van der Waals surface area contributed by atoms with Crippen molar-refractivity contribution in [2.45, 2.75) is 19.8 Å². The molecule has 1 aromatic heterocycles. The Kier molecular flexibility index (Phi) is 5.03. The van der Waals surface area contributed by atoms with E-state index in [0.29, 0.717) is 25.9 Å². The highest BCUT2D eigenvalue weighted by atomic mass is 32.1. The maximum absolute atomic E-state index is 12.2. The molecule has 2 amide bonds. The summed E-state index contributed by atoms with van der Waals surface area (Å²) in [6, 6.07) is 9.79. The average molecular weight is 359 g/mol. The van der Waals surface area contributed by atoms with Crippen LogP contribution in [0.1, 0.15) is 19.0 Å². The lowest BCUT2D eigenvalue weighted by molar-refractivity contribution is -0.146. The van der Waals surface area contributed by atoms with Crippen LogP contribution in [-0.2, 0) is 11.2 Å². The van der Waals surface area contributed by atoms with Crippen LogP contribution in [0.4, 0.5) is 4.79 Å². The fourth-order valence-corrected chi connectivity index (χ4v) is 3.71. The number of carbonyl (C=O) groups is 2. The van der Waals surface area contributed by atoms with E-state index in [1.54, 1.807) is 23.2 Å². The fraction of sp³-hybridized carbons (Fsp3) is 0.389. The number of rotatable bonds is 5. The van der Waals surface area contributed by atoms with Crippen molar-refractivity contribution in [2.24, 2.45) is 5.41 Å². The smallest absolute Gasteiger partial charge is 0.317 e. The summed E-state index contributed by atoms with van der Waals surface area (Å²) in [5.74, 6) is -0.848. The van der Waals surface area contributed by atoms with Gasteiger partial charge in [0.15, 0.2) is 0 Å². The van der Waals surface area contributed by atoms with Gasteiger partial charge in [-0.05, 0) is 13.3 Å². The summed E-state index contributed by atoms with van der Waals surface area (Å²) in [6.45, 7) is 2.90. The number of carboxylic acids is 1. The maximum Gasteiger partial charge on any atom is 0.317 e. The molecule has 7 heteroatoms. The van der Waals surface area contributed by atoms with E-state index in [0.717, 1.165) is 16.3 Å². The molecule has 0 aliphatic carbocycles. The summed E-state index contributed by atoms with van der Waals surface area (Å²) in [4.78, 5) is 29.6. The predicted molar refractivity (Wildman–Crippen MR) is 96.6 cm³/mol. The number of hydrogen-bond donors (Lipinski definition) is 2. The molecule has 25 heavy (non-hydrogen) atoms. The third kappa shape index (κ3) is 3.99. The van der Waals surface area contributed by atoms with Crippen LogP contribution < -0.4 is 5.32 Å². The van der Waals surface area contributed by atoms with Gasteiger partial charge in [-0.1, -0.05) is 30.3 Å². The van der Waals surface area contributed by atoms with Crippen molar-refractivity contribution in [1.29, 1.82) is 0 Å². The first-order chi connectivity index (χ1) is 12.0. The van der Waals surface area contributed by atoms with E-state index >= 15 is 0 Å². The lowest BCUT2D eigenvalue weighted by Gasteiger charge is -2.20. The van der Waals surface area contributed by atoms with Gasteiger partial charge in [0.25, 0.3) is 0 Å². The van der Waals surface area contributed by atoms with E-state index in [-0.39, 0.29) is 12.6 Å². The van der Waals surface area contributed by atoms with Crippen molar-refractivity contribution >= 4 is 23.3 Å². The molecular weight excluding hydrogens is 338 g/mol. The van der Waals surface area contributed by atoms with Crippen LogP contribution in [0.15, 0.2) is 35.7 Å². The molecular formula is C18H21N3O3S. The molecule has 1 atom stereocenters. The van der Waals surface area contributed by atoms with Crippen LogP contribution in [0.25, 0.3) is 10.6 Å². The number of aliphatic carboxylic acids is 1. The molecule has 1 aliphatic heterocycles. The van der Waals surface area contributed by atoms with Gasteiger partial charge in [0.05, 0.1) is 11.1 Å². The predicted octanol–water partition coefficient (Wildman–Crippen LogP) is 2.86. The van der Waals surface area contributed by atoms with Crippen LogP contribution >= 0.6 is 11.3 Å². The van der Waals surface area contributed by atoms with Gasteiger partial charge in [0, 0.05) is 37.0 Å². The summed E-state index contributed by atoms with van der Waals surface area (Å²) in [7, 11) is 0. The number of aromatic nitrogens is 1. The van der Waals surface area contributed by atoms with Gasteiger partial charge in [-0.2, -0.15) is 0 Å². The first-order valence-corrected chi connectivity index (χ1v) is 9.12. The van der Waals surface area contributed by atoms with E-state index in [1.807, 2.05) is 35.7 Å². The molecule has 0 saturated carbocycles. The Balaban J connectivity index is 1.48. The highest BCUT2D eigenvalue weighted by Crippen LogP contribution is 2.30. The molecule has 0 radical (unpaired) electrons. The van der Waals surface area contributed by atoms with Crippen molar-refractivity contribution in [2.75, 3.05) is 19.6 Å². The lowest BCUT2D eigenvalue weighted by Crippen LogP contribution is -2.41. The highest BCUT2D eigenvalue weighted by molar-refractivity contribution is 7.13. The number of carboxylic acid groups (broad SMARTS) is 1. The van der Waals surface area contributed by atoms with Crippen LogP contribution in [0, 0.1) is 5.41 Å². The third-order valence-corrected chi connectivity index (χ3v) is 5.45. The average Bonchev–Trinajstić information content (AvgIpc) is 3.23. The quantitative estimate of drug-likeness (QED) is 0.860. The number of nitrogens with one attached hydrogen (secondary N) is 1. The summed E-state index contributed by atoms with van der Waals surface area (Å²) in [5.41, 5.74) is 1.20. The molecule has 132 valence electrons. The van der Waals surface area contributed by atoms with Gasteiger partial charge < -0.3 is 15.3 Å². The van der Waals surface area contributed by atoms with Gasteiger partial charge >= 0.3 is 12.0 Å². The second kappa shape index (κ2) is 7.23. The van der Waals surface area contributed by atoms with Crippen molar-refractivity contribution in [3.05, 3.63) is 41.4 Å². The molecule has 6 nitrogen and oxygen atoms in total. The molecule has 2 heterocycles. The Morgan fingerprint density at radius 2 is 2.12 bits per heavy atom. The van der Waals surface area contributed by atoms with Gasteiger partial charge in [-0.15, -0.1) is 11.3 Å². The second-order valence-corrected chi connectivity index (χ2v) is 7.39. The Bertz CT molecular complexity index is 762. The highest BCUT2D eigenvalue weighted by Gasteiger charge is 2.42. The van der Waals surface area contributed by atoms with Gasteiger partial charge in [0.2, 0.25) is 0 Å². The fourth-order valence-electron chi connectivity index (χ4n) is 2.85. The lowest BCUT2D eigenvalue weighted by atomic mass is 9.90. The van der Waals surface area contributed by atoms with Crippen LogP contribution in [0.5, 0.6) is 0 Å². The minimum atomic E-state index is -0.848. The number of benzene rings is 1. The third-order valence-electron chi connectivity index (χ3n) is 4.51. The normalized spacial score (nSPS) is 19.8. The molecule has 1 fully saturated rings. The van der Waals surface area contributed by atoms with E-state index < -0.39 is 11.4 Å². The van der Waals surface area contributed by atoms with E-state index in [1.165, 1.54) is 0 Å². The first kappa shape index (κ1) is 17.4. The number of carbonyl (C=O) groups excluding carboxylic acids is 1. The minimum absolute atomic E-state index is 0.205. The van der Waals surface area contributed by atoms with Crippen LogP contribution in [0.2, 0.25) is 0 Å². The number of likely N-dealkylation sites (tertiary alicyclic amines) is 1. The number of amides is 2. The summed E-state index contributed by atoms with van der Waals surface area (Å²) < 4.78 is 0. The zero-order chi connectivity index (χ0) is 17.9. The van der Waals surface area contributed by atoms with Crippen molar-refractivity contribution in [3.63, 3.8) is 0 Å². The summed E-state index contributed by atoms with van der Waals surface area (Å²) in [5, 5.41) is 15.1. The molecule has 0 spiro atoms. The van der Waals surface area contributed by atoms with Crippen molar-refractivity contribution in [1.82, 2.24) is 15.2 Å². The summed E-state index contributed by atoms with van der Waals surface area (Å²) >= 11 is 1.59. The van der Waals surface area contributed by atoms with Crippen molar-refractivity contribution < 1.29 is 14.7 Å². The Labute approximate surface area is 150 Å². The Hall–Kier alpha value is -2.41. The van der Waals surface area contributed by atoms with Crippen LogP contribution in [-0.4, -0.2) is 46.6 Å². The molecule has 1 aliphatic rings. The molecule has 0 bridgehead atoms. The number of hydrogen-bond acceptors (Lipinski definition) is 4. The largest absolute Gasteiger partial charge is 0.481 e. The van der Waals surface area contributed by atoms with E-state index in [9.17, 15) is 14.7 Å². The molecule has 1 saturated heterocycles. The SMILES string of the molecule is CC1(C(=O)O)CCN(C(=O)NCCc2csc(-c3ccccc3)n2)C1.